The highest BCUT2D eigenvalue weighted by Crippen LogP contribution is 2.24. The van der Waals surface area contributed by atoms with Crippen LogP contribution >= 0.6 is 34.7 Å². The molecule has 6 nitrogen and oxygen atoms in total. The predicted molar refractivity (Wildman–Crippen MR) is 121 cm³/mol. The Morgan fingerprint density at radius 1 is 1.20 bits per heavy atom. The Morgan fingerprint density at radius 2 is 2.03 bits per heavy atom. The van der Waals surface area contributed by atoms with E-state index in [9.17, 15) is 4.79 Å². The monoisotopic (exact) mass is 457 g/mol. The highest BCUT2D eigenvalue weighted by atomic mass is 35.5. The highest BCUT2D eigenvalue weighted by Gasteiger charge is 2.16. The van der Waals surface area contributed by atoms with Crippen LogP contribution in [0, 0.1) is 13.8 Å². The molecule has 1 N–H and O–H groups in total. The van der Waals surface area contributed by atoms with Gasteiger partial charge < -0.3 is 5.32 Å². The van der Waals surface area contributed by atoms with Crippen LogP contribution in [0.2, 0.25) is 5.02 Å². The summed E-state index contributed by atoms with van der Waals surface area (Å²) in [4.78, 5) is 22.3. The summed E-state index contributed by atoms with van der Waals surface area (Å²) in [6.45, 7) is 4.52. The van der Waals surface area contributed by atoms with Crippen LogP contribution in [-0.4, -0.2) is 31.2 Å². The number of hydrogen-bond acceptors (Lipinski definition) is 6. The maximum atomic E-state index is 12.1. The standard InChI is InChI=1S/C21H20ClN5OS2/c1-13-17(10-15-6-3-4-8-18(15)22)14(2)27-20(24-13)25-21(26-27)30-12-19(28)23-11-16-7-5-9-29-16/h3-9H,10-12H2,1-2H3,(H,23,28). The topological polar surface area (TPSA) is 72.2 Å². The minimum atomic E-state index is -0.0486. The first-order valence-electron chi connectivity index (χ1n) is 9.39. The molecule has 3 aromatic heterocycles. The number of aromatic nitrogens is 4. The van der Waals surface area contributed by atoms with Gasteiger partial charge in [-0.05, 0) is 42.5 Å². The molecular weight excluding hydrogens is 438 g/mol. The van der Waals surface area contributed by atoms with Gasteiger partial charge >= 0.3 is 0 Å². The van der Waals surface area contributed by atoms with Crippen molar-refractivity contribution in [2.24, 2.45) is 0 Å². The summed E-state index contributed by atoms with van der Waals surface area (Å²) in [5.41, 5.74) is 3.99. The fourth-order valence-electron chi connectivity index (χ4n) is 3.12. The molecule has 30 heavy (non-hydrogen) atoms. The van der Waals surface area contributed by atoms with Gasteiger partial charge in [0, 0.05) is 27.7 Å². The SMILES string of the molecule is Cc1nc2nc(SCC(=O)NCc3cccs3)nn2c(C)c1Cc1ccccc1Cl. The molecule has 1 amide bonds. The summed E-state index contributed by atoms with van der Waals surface area (Å²) < 4.78 is 1.74. The maximum absolute atomic E-state index is 12.1. The molecule has 0 unspecified atom stereocenters. The molecule has 0 radical (unpaired) electrons. The summed E-state index contributed by atoms with van der Waals surface area (Å²) in [6, 6.07) is 11.8. The highest BCUT2D eigenvalue weighted by molar-refractivity contribution is 7.99. The molecule has 0 aliphatic heterocycles. The third kappa shape index (κ3) is 4.66. The van der Waals surface area contributed by atoms with Crippen LogP contribution in [0.3, 0.4) is 0 Å². The molecule has 0 fully saturated rings. The van der Waals surface area contributed by atoms with E-state index in [0.29, 0.717) is 23.9 Å². The molecule has 0 spiro atoms. The Morgan fingerprint density at radius 3 is 2.80 bits per heavy atom. The van der Waals surface area contributed by atoms with E-state index < -0.39 is 0 Å². The first kappa shape index (κ1) is 20.8. The Hall–Kier alpha value is -2.42. The lowest BCUT2D eigenvalue weighted by atomic mass is 10.0. The second-order valence-corrected chi connectivity index (χ2v) is 9.16. The number of thiophene rings is 1. The largest absolute Gasteiger partial charge is 0.350 e. The van der Waals surface area contributed by atoms with Crippen LogP contribution in [0.5, 0.6) is 0 Å². The Labute approximate surface area is 187 Å². The summed E-state index contributed by atoms with van der Waals surface area (Å²) in [5.74, 6) is 0.745. The molecular formula is C21H20ClN5OS2. The van der Waals surface area contributed by atoms with Crippen molar-refractivity contribution in [1.82, 2.24) is 24.9 Å². The van der Waals surface area contributed by atoms with Crippen molar-refractivity contribution >= 4 is 46.4 Å². The number of fused-ring (bicyclic) bond motifs is 1. The molecule has 9 heteroatoms. The molecule has 3 heterocycles. The van der Waals surface area contributed by atoms with E-state index in [1.54, 1.807) is 15.9 Å². The lowest BCUT2D eigenvalue weighted by Gasteiger charge is -2.11. The van der Waals surface area contributed by atoms with Crippen LogP contribution in [0.1, 0.15) is 27.4 Å². The van der Waals surface area contributed by atoms with Crippen molar-refractivity contribution in [2.75, 3.05) is 5.75 Å². The number of hydrogen-bond donors (Lipinski definition) is 1. The van der Waals surface area contributed by atoms with Gasteiger partial charge in [0.05, 0.1) is 12.3 Å². The van der Waals surface area contributed by atoms with Crippen molar-refractivity contribution in [2.45, 2.75) is 32.0 Å². The number of carbonyl (C=O) groups is 1. The molecule has 154 valence electrons. The first-order chi connectivity index (χ1) is 14.5. The number of benzene rings is 1. The quantitative estimate of drug-likeness (QED) is 0.415. The molecule has 0 aliphatic carbocycles. The molecule has 4 aromatic rings. The fourth-order valence-corrected chi connectivity index (χ4v) is 4.61. The third-order valence-electron chi connectivity index (χ3n) is 4.73. The van der Waals surface area contributed by atoms with Gasteiger partial charge in [-0.25, -0.2) is 9.50 Å². The van der Waals surface area contributed by atoms with E-state index >= 15 is 0 Å². The lowest BCUT2D eigenvalue weighted by molar-refractivity contribution is -0.118. The second kappa shape index (κ2) is 9.16. The minimum Gasteiger partial charge on any atom is -0.350 e. The van der Waals surface area contributed by atoms with Gasteiger partial charge in [0.25, 0.3) is 5.78 Å². The molecule has 0 bridgehead atoms. The van der Waals surface area contributed by atoms with Gasteiger partial charge in [-0.1, -0.05) is 47.6 Å². The number of rotatable bonds is 7. The lowest BCUT2D eigenvalue weighted by Crippen LogP contribution is -2.24. The number of halogens is 1. The van der Waals surface area contributed by atoms with Gasteiger partial charge in [-0.3, -0.25) is 4.79 Å². The van der Waals surface area contributed by atoms with Crippen LogP contribution in [0.15, 0.2) is 46.9 Å². The van der Waals surface area contributed by atoms with Gasteiger partial charge in [0.2, 0.25) is 11.1 Å². The van der Waals surface area contributed by atoms with E-state index in [0.717, 1.165) is 32.4 Å². The van der Waals surface area contributed by atoms with Gasteiger partial charge in [0.1, 0.15) is 0 Å². The maximum Gasteiger partial charge on any atom is 0.253 e. The molecule has 0 saturated heterocycles. The smallest absolute Gasteiger partial charge is 0.253 e. The zero-order valence-corrected chi connectivity index (χ0v) is 18.9. The first-order valence-corrected chi connectivity index (χ1v) is 11.6. The number of aryl methyl sites for hydroxylation is 2. The Balaban J connectivity index is 1.48. The average molecular weight is 458 g/mol. The molecule has 4 rings (SSSR count). The van der Waals surface area contributed by atoms with Crippen LogP contribution in [0.4, 0.5) is 0 Å². The Bertz CT molecular complexity index is 1190. The summed E-state index contributed by atoms with van der Waals surface area (Å²) in [6.07, 6.45) is 0.674. The number of nitrogens with zero attached hydrogens (tertiary/aromatic N) is 4. The summed E-state index contributed by atoms with van der Waals surface area (Å²) in [7, 11) is 0. The number of carbonyl (C=O) groups excluding carboxylic acids is 1. The van der Waals surface area contributed by atoms with Gasteiger partial charge in [0.15, 0.2) is 0 Å². The van der Waals surface area contributed by atoms with Crippen LogP contribution < -0.4 is 5.32 Å². The zero-order chi connectivity index (χ0) is 21.1. The predicted octanol–water partition coefficient (Wildman–Crippen LogP) is 4.46. The molecule has 0 aliphatic rings. The summed E-state index contributed by atoms with van der Waals surface area (Å²) >= 11 is 9.26. The van der Waals surface area contributed by atoms with Crippen molar-refractivity contribution in [3.05, 3.63) is 74.2 Å². The van der Waals surface area contributed by atoms with Crippen LogP contribution in [-0.2, 0) is 17.8 Å². The van der Waals surface area contributed by atoms with E-state index in [1.807, 2.05) is 55.6 Å². The van der Waals surface area contributed by atoms with Crippen molar-refractivity contribution in [1.29, 1.82) is 0 Å². The zero-order valence-electron chi connectivity index (χ0n) is 16.6. The Kier molecular flexibility index (Phi) is 6.36. The summed E-state index contributed by atoms with van der Waals surface area (Å²) in [5, 5.41) is 10.7. The van der Waals surface area contributed by atoms with Gasteiger partial charge in [-0.15, -0.1) is 16.4 Å². The van der Waals surface area contributed by atoms with Crippen LogP contribution in [0.25, 0.3) is 5.78 Å². The second-order valence-electron chi connectivity index (χ2n) is 6.78. The van der Waals surface area contributed by atoms with E-state index in [-0.39, 0.29) is 11.7 Å². The van der Waals surface area contributed by atoms with E-state index in [4.69, 9.17) is 11.6 Å². The van der Waals surface area contributed by atoms with Crippen molar-refractivity contribution in [3.63, 3.8) is 0 Å². The minimum absolute atomic E-state index is 0.0486. The van der Waals surface area contributed by atoms with Gasteiger partial charge in [-0.2, -0.15) is 4.98 Å². The number of amides is 1. The number of thioether (sulfide) groups is 1. The fraction of sp³-hybridized carbons (Fsp3) is 0.238. The van der Waals surface area contributed by atoms with E-state index in [2.05, 4.69) is 20.4 Å². The van der Waals surface area contributed by atoms with Crippen molar-refractivity contribution in [3.8, 4) is 0 Å². The molecule has 0 atom stereocenters. The normalized spacial score (nSPS) is 11.2. The average Bonchev–Trinajstić information content (AvgIpc) is 3.39. The molecule has 1 aromatic carbocycles. The molecule has 0 saturated carbocycles. The van der Waals surface area contributed by atoms with Crippen molar-refractivity contribution < 1.29 is 4.79 Å². The third-order valence-corrected chi connectivity index (χ3v) is 6.81. The number of nitrogens with one attached hydrogen (secondary N) is 1. The van der Waals surface area contributed by atoms with E-state index in [1.165, 1.54) is 11.8 Å².